The molecule has 2 N–H and O–H groups in total. The molecule has 1 rings (SSSR count). The lowest BCUT2D eigenvalue weighted by atomic mass is 9.90. The predicted octanol–water partition coefficient (Wildman–Crippen LogP) is 3.54. The number of benzene rings is 1. The fourth-order valence-electron chi connectivity index (χ4n) is 1.45. The number of rotatable bonds is 5. The lowest BCUT2D eigenvalue weighted by Gasteiger charge is -2.24. The molecule has 1 aromatic rings. The Balaban J connectivity index is 2.88. The van der Waals surface area contributed by atoms with Crippen molar-refractivity contribution in [3.63, 3.8) is 0 Å². The first-order valence-corrected chi connectivity index (χ1v) is 5.93. The summed E-state index contributed by atoms with van der Waals surface area (Å²) in [6.45, 7) is 9.12. The van der Waals surface area contributed by atoms with Gasteiger partial charge in [-0.15, -0.1) is 0 Å². The third-order valence-corrected chi connectivity index (χ3v) is 3.12. The lowest BCUT2D eigenvalue weighted by molar-refractivity contribution is 0.0697. The van der Waals surface area contributed by atoms with E-state index < -0.39 is 5.97 Å². The molecule has 0 aliphatic carbocycles. The van der Waals surface area contributed by atoms with Crippen molar-refractivity contribution in [1.82, 2.24) is 0 Å². The highest BCUT2D eigenvalue weighted by atomic mass is 16.4. The van der Waals surface area contributed by atoms with Gasteiger partial charge in [0.2, 0.25) is 0 Å². The topological polar surface area (TPSA) is 49.3 Å². The minimum absolute atomic E-state index is 0.167. The van der Waals surface area contributed by atoms with Crippen LogP contribution in [0.1, 0.15) is 43.1 Å². The first-order valence-electron chi connectivity index (χ1n) is 5.93. The Kier molecular flexibility index (Phi) is 4.16. The van der Waals surface area contributed by atoms with Gasteiger partial charge in [0.05, 0.1) is 5.56 Å². The van der Waals surface area contributed by atoms with E-state index in [2.05, 4.69) is 26.1 Å². The normalized spacial score (nSPS) is 11.3. The zero-order chi connectivity index (χ0) is 13.1. The number of aryl methyl sites for hydroxylation is 1. The maximum absolute atomic E-state index is 11.1. The van der Waals surface area contributed by atoms with Crippen LogP contribution >= 0.6 is 0 Å². The number of carboxylic acid groups (broad SMARTS) is 1. The SMILES string of the molecule is CCC(C)(C)CNc1ccc(C)cc1C(=O)O. The second kappa shape index (κ2) is 5.21. The molecule has 0 aliphatic heterocycles. The number of nitrogens with one attached hydrogen (secondary N) is 1. The first kappa shape index (κ1) is 13.6. The van der Waals surface area contributed by atoms with Crippen LogP contribution in [0.5, 0.6) is 0 Å². The van der Waals surface area contributed by atoms with Gasteiger partial charge in [-0.25, -0.2) is 4.79 Å². The summed E-state index contributed by atoms with van der Waals surface area (Å²) in [7, 11) is 0. The van der Waals surface area contributed by atoms with Crippen molar-refractivity contribution < 1.29 is 9.90 Å². The quantitative estimate of drug-likeness (QED) is 0.820. The van der Waals surface area contributed by atoms with Crippen LogP contribution in [0, 0.1) is 12.3 Å². The van der Waals surface area contributed by atoms with Crippen molar-refractivity contribution in [2.75, 3.05) is 11.9 Å². The molecular weight excluding hydrogens is 214 g/mol. The Hall–Kier alpha value is -1.51. The number of anilines is 1. The number of hydrogen-bond donors (Lipinski definition) is 2. The van der Waals surface area contributed by atoms with Crippen LogP contribution in [-0.4, -0.2) is 17.6 Å². The summed E-state index contributed by atoms with van der Waals surface area (Å²) < 4.78 is 0. The largest absolute Gasteiger partial charge is 0.478 e. The Morgan fingerprint density at radius 1 is 1.41 bits per heavy atom. The Bertz CT molecular complexity index is 411. The van der Waals surface area contributed by atoms with E-state index in [1.54, 1.807) is 6.07 Å². The molecule has 0 aliphatic rings. The van der Waals surface area contributed by atoms with E-state index in [1.165, 1.54) is 0 Å². The van der Waals surface area contributed by atoms with Crippen molar-refractivity contribution in [3.05, 3.63) is 29.3 Å². The molecule has 0 spiro atoms. The van der Waals surface area contributed by atoms with E-state index in [0.717, 1.165) is 18.5 Å². The summed E-state index contributed by atoms with van der Waals surface area (Å²) in [6, 6.07) is 5.46. The van der Waals surface area contributed by atoms with Crippen molar-refractivity contribution in [2.24, 2.45) is 5.41 Å². The fourth-order valence-corrected chi connectivity index (χ4v) is 1.45. The van der Waals surface area contributed by atoms with Gasteiger partial charge in [-0.2, -0.15) is 0 Å². The number of carboxylic acids is 1. The van der Waals surface area contributed by atoms with E-state index in [4.69, 9.17) is 5.11 Å². The highest BCUT2D eigenvalue weighted by Crippen LogP contribution is 2.23. The summed E-state index contributed by atoms with van der Waals surface area (Å²) >= 11 is 0. The summed E-state index contributed by atoms with van der Waals surface area (Å²) in [5.41, 5.74) is 2.17. The molecule has 0 fully saturated rings. The molecule has 0 atom stereocenters. The van der Waals surface area contributed by atoms with Gasteiger partial charge in [0.25, 0.3) is 0 Å². The number of carbonyl (C=O) groups is 1. The third-order valence-electron chi connectivity index (χ3n) is 3.12. The van der Waals surface area contributed by atoms with Crippen molar-refractivity contribution in [3.8, 4) is 0 Å². The maximum Gasteiger partial charge on any atom is 0.337 e. The summed E-state index contributed by atoms with van der Waals surface area (Å²) in [4.78, 5) is 11.1. The second-order valence-electron chi connectivity index (χ2n) is 5.23. The van der Waals surface area contributed by atoms with Crippen molar-refractivity contribution in [1.29, 1.82) is 0 Å². The highest BCUT2D eigenvalue weighted by molar-refractivity contribution is 5.94. The summed E-state index contributed by atoms with van der Waals surface area (Å²) in [5.74, 6) is -0.884. The van der Waals surface area contributed by atoms with Crippen LogP contribution in [0.2, 0.25) is 0 Å². The maximum atomic E-state index is 11.1. The van der Waals surface area contributed by atoms with E-state index in [-0.39, 0.29) is 5.41 Å². The Labute approximate surface area is 103 Å². The van der Waals surface area contributed by atoms with Gasteiger partial charge in [0, 0.05) is 12.2 Å². The van der Waals surface area contributed by atoms with Crippen molar-refractivity contribution >= 4 is 11.7 Å². The zero-order valence-electron chi connectivity index (χ0n) is 11.0. The van der Waals surface area contributed by atoms with Gasteiger partial charge in [-0.05, 0) is 30.9 Å². The Morgan fingerprint density at radius 2 is 2.06 bits per heavy atom. The van der Waals surface area contributed by atoms with Crippen LogP contribution in [0.25, 0.3) is 0 Å². The molecule has 0 saturated carbocycles. The van der Waals surface area contributed by atoms with Crippen LogP contribution < -0.4 is 5.32 Å². The molecule has 17 heavy (non-hydrogen) atoms. The summed E-state index contributed by atoms with van der Waals surface area (Å²) in [6.07, 6.45) is 1.05. The average molecular weight is 235 g/mol. The first-order chi connectivity index (χ1) is 7.85. The Morgan fingerprint density at radius 3 is 2.59 bits per heavy atom. The molecule has 94 valence electrons. The molecule has 3 nitrogen and oxygen atoms in total. The lowest BCUT2D eigenvalue weighted by Crippen LogP contribution is -2.23. The molecule has 0 unspecified atom stereocenters. The molecule has 0 radical (unpaired) electrons. The zero-order valence-corrected chi connectivity index (χ0v) is 11.0. The number of hydrogen-bond acceptors (Lipinski definition) is 2. The fraction of sp³-hybridized carbons (Fsp3) is 0.500. The van der Waals surface area contributed by atoms with E-state index in [9.17, 15) is 4.79 Å². The highest BCUT2D eigenvalue weighted by Gasteiger charge is 2.16. The second-order valence-corrected chi connectivity index (χ2v) is 5.23. The number of aromatic carboxylic acids is 1. The van der Waals surface area contributed by atoms with E-state index >= 15 is 0 Å². The molecule has 0 aromatic heterocycles. The minimum Gasteiger partial charge on any atom is -0.478 e. The molecule has 1 aromatic carbocycles. The van der Waals surface area contributed by atoms with Gasteiger partial charge in [0.15, 0.2) is 0 Å². The molecule has 3 heteroatoms. The third kappa shape index (κ3) is 3.77. The van der Waals surface area contributed by atoms with Gasteiger partial charge in [-0.1, -0.05) is 32.4 Å². The van der Waals surface area contributed by atoms with Crippen LogP contribution in [0.4, 0.5) is 5.69 Å². The van der Waals surface area contributed by atoms with Crippen molar-refractivity contribution in [2.45, 2.75) is 34.1 Å². The summed E-state index contributed by atoms with van der Waals surface area (Å²) in [5, 5.41) is 12.4. The van der Waals surface area contributed by atoms with Crippen LogP contribution in [0.3, 0.4) is 0 Å². The molecular formula is C14H21NO2. The van der Waals surface area contributed by atoms with E-state index in [0.29, 0.717) is 11.3 Å². The van der Waals surface area contributed by atoms with Gasteiger partial charge >= 0.3 is 5.97 Å². The van der Waals surface area contributed by atoms with Gasteiger partial charge in [-0.3, -0.25) is 0 Å². The predicted molar refractivity (Wildman–Crippen MR) is 70.7 cm³/mol. The van der Waals surface area contributed by atoms with Crippen LogP contribution in [0.15, 0.2) is 18.2 Å². The molecule has 0 amide bonds. The minimum atomic E-state index is -0.884. The monoisotopic (exact) mass is 235 g/mol. The van der Waals surface area contributed by atoms with Gasteiger partial charge < -0.3 is 10.4 Å². The average Bonchev–Trinajstić information content (AvgIpc) is 2.27. The molecule has 0 heterocycles. The van der Waals surface area contributed by atoms with E-state index in [1.807, 2.05) is 19.1 Å². The molecule has 0 saturated heterocycles. The van der Waals surface area contributed by atoms with Gasteiger partial charge in [0.1, 0.15) is 0 Å². The van der Waals surface area contributed by atoms with Crippen LogP contribution in [-0.2, 0) is 0 Å². The smallest absolute Gasteiger partial charge is 0.337 e. The molecule has 0 bridgehead atoms. The standard InChI is InChI=1S/C14H21NO2/c1-5-14(3,4)9-15-12-7-6-10(2)8-11(12)13(16)17/h6-8,15H,5,9H2,1-4H3,(H,16,17).